The molecule has 1 atom stereocenters. The number of hydrogen-bond donors (Lipinski definition) is 1. The maximum Gasteiger partial charge on any atom is 0.286 e. The predicted molar refractivity (Wildman–Crippen MR) is 119 cm³/mol. The van der Waals surface area contributed by atoms with E-state index < -0.39 is 0 Å². The molecule has 1 amide bonds. The second-order valence-electron chi connectivity index (χ2n) is 8.00. The zero-order valence-corrected chi connectivity index (χ0v) is 18.5. The molecule has 0 saturated carbocycles. The molecule has 6 nitrogen and oxygen atoms in total. The normalized spacial score (nSPS) is 17.5. The second kappa shape index (κ2) is 9.71. The number of thioether (sulfide) groups is 1. The molecule has 1 saturated heterocycles. The Morgan fingerprint density at radius 1 is 1.27 bits per heavy atom. The number of oxazole rings is 1. The lowest BCUT2D eigenvalue weighted by Gasteiger charge is -2.33. The number of rotatable bonds is 8. The van der Waals surface area contributed by atoms with Gasteiger partial charge in [-0.2, -0.15) is 0 Å². The van der Waals surface area contributed by atoms with Crippen LogP contribution in [0.2, 0.25) is 0 Å². The van der Waals surface area contributed by atoms with Crippen LogP contribution < -0.4 is 5.32 Å². The van der Waals surface area contributed by atoms with E-state index in [9.17, 15) is 4.79 Å². The van der Waals surface area contributed by atoms with Crippen molar-refractivity contribution in [2.75, 3.05) is 19.6 Å². The van der Waals surface area contributed by atoms with Gasteiger partial charge in [-0.25, -0.2) is 4.98 Å². The van der Waals surface area contributed by atoms with Crippen LogP contribution in [-0.2, 0) is 5.75 Å². The van der Waals surface area contributed by atoms with Gasteiger partial charge in [-0.15, -0.1) is 0 Å². The molecule has 160 valence electrons. The highest BCUT2D eigenvalue weighted by molar-refractivity contribution is 7.98. The fourth-order valence-corrected chi connectivity index (χ4v) is 4.58. The van der Waals surface area contributed by atoms with E-state index in [1.54, 1.807) is 6.07 Å². The number of carbonyl (C=O) groups is 1. The van der Waals surface area contributed by atoms with Gasteiger partial charge in [-0.1, -0.05) is 24.2 Å². The van der Waals surface area contributed by atoms with E-state index in [1.165, 1.54) is 37.6 Å². The second-order valence-corrected chi connectivity index (χ2v) is 8.92. The van der Waals surface area contributed by atoms with Crippen molar-refractivity contribution >= 4 is 28.8 Å². The summed E-state index contributed by atoms with van der Waals surface area (Å²) in [5, 5.41) is 3.57. The van der Waals surface area contributed by atoms with E-state index in [-0.39, 0.29) is 5.91 Å². The maximum absolute atomic E-state index is 12.3. The first-order valence-electron chi connectivity index (χ1n) is 10.7. The van der Waals surface area contributed by atoms with Crippen molar-refractivity contribution in [1.82, 2.24) is 15.2 Å². The molecule has 3 heterocycles. The van der Waals surface area contributed by atoms with Crippen LogP contribution in [0, 0.1) is 6.92 Å². The smallest absolute Gasteiger partial charge is 0.286 e. The molecule has 1 aliphatic heterocycles. The summed E-state index contributed by atoms with van der Waals surface area (Å²) in [5.41, 5.74) is 2.79. The first kappa shape index (κ1) is 21.0. The molecule has 0 unspecified atom stereocenters. The minimum absolute atomic E-state index is 0.157. The van der Waals surface area contributed by atoms with Gasteiger partial charge in [0, 0.05) is 19.1 Å². The summed E-state index contributed by atoms with van der Waals surface area (Å²) in [6, 6.07) is 10.2. The molecule has 1 fully saturated rings. The molecule has 3 aromatic rings. The number of hydrogen-bond acceptors (Lipinski definition) is 6. The van der Waals surface area contributed by atoms with Gasteiger partial charge in [-0.3, -0.25) is 4.79 Å². The Kier molecular flexibility index (Phi) is 6.79. The Balaban J connectivity index is 1.22. The summed E-state index contributed by atoms with van der Waals surface area (Å²) in [4.78, 5) is 19.4. The van der Waals surface area contributed by atoms with Gasteiger partial charge < -0.3 is 19.1 Å². The molecule has 1 aromatic carbocycles. The molecule has 1 N–H and O–H groups in total. The van der Waals surface area contributed by atoms with Crippen LogP contribution in [0.5, 0.6) is 0 Å². The van der Waals surface area contributed by atoms with Gasteiger partial charge in [-0.05, 0) is 69.5 Å². The van der Waals surface area contributed by atoms with E-state index in [2.05, 4.69) is 22.1 Å². The summed E-state index contributed by atoms with van der Waals surface area (Å²) < 4.78 is 11.5. The van der Waals surface area contributed by atoms with Crippen LogP contribution in [0.3, 0.4) is 0 Å². The number of benzene rings is 1. The highest BCUT2D eigenvalue weighted by atomic mass is 32.2. The molecular weight excluding hydrogens is 398 g/mol. The van der Waals surface area contributed by atoms with Gasteiger partial charge in [0.15, 0.2) is 11.3 Å². The molecule has 7 heteroatoms. The van der Waals surface area contributed by atoms with Crippen LogP contribution in [0.4, 0.5) is 0 Å². The number of aryl methyl sites for hydroxylation is 1. The number of nitrogens with one attached hydrogen (secondary N) is 1. The predicted octanol–water partition coefficient (Wildman–Crippen LogP) is 5.02. The standard InChI is InChI=1S/C23H29N3O3S/c1-16-7-9-20-19(14-16)25-23(29-20)30-15-18-8-10-21(28-18)22(27)24-11-5-13-26-12-4-3-6-17(26)2/h7-10,14,17H,3-6,11-13,15H2,1-2H3,(H,24,27)/t17-/m1/s1. The Morgan fingerprint density at radius 2 is 2.17 bits per heavy atom. The minimum Gasteiger partial charge on any atom is -0.455 e. The van der Waals surface area contributed by atoms with Gasteiger partial charge in [0.2, 0.25) is 0 Å². The van der Waals surface area contributed by atoms with Crippen molar-refractivity contribution in [2.45, 2.75) is 56.5 Å². The molecule has 1 aliphatic rings. The summed E-state index contributed by atoms with van der Waals surface area (Å²) in [6.45, 7) is 7.20. The number of likely N-dealkylation sites (tertiary alicyclic amines) is 1. The lowest BCUT2D eigenvalue weighted by atomic mass is 10.0. The SMILES string of the molecule is Cc1ccc2oc(SCc3ccc(C(=O)NCCCN4CCCC[C@H]4C)o3)nc2c1. The summed E-state index contributed by atoms with van der Waals surface area (Å²) in [7, 11) is 0. The lowest BCUT2D eigenvalue weighted by molar-refractivity contribution is 0.0920. The third-order valence-corrected chi connectivity index (χ3v) is 6.45. The summed E-state index contributed by atoms with van der Waals surface area (Å²) >= 11 is 1.46. The van der Waals surface area contributed by atoms with Crippen molar-refractivity contribution in [3.63, 3.8) is 0 Å². The van der Waals surface area contributed by atoms with E-state index in [1.807, 2.05) is 31.2 Å². The Labute approximate surface area is 181 Å². The summed E-state index contributed by atoms with van der Waals surface area (Å²) in [5.74, 6) is 1.48. The number of piperidine rings is 1. The average molecular weight is 428 g/mol. The third-order valence-electron chi connectivity index (χ3n) is 5.60. The average Bonchev–Trinajstić information content (AvgIpc) is 3.37. The van der Waals surface area contributed by atoms with Gasteiger partial charge >= 0.3 is 0 Å². The number of fused-ring (bicyclic) bond motifs is 1. The molecular formula is C23H29N3O3S. The third kappa shape index (κ3) is 5.26. The topological polar surface area (TPSA) is 71.5 Å². The highest BCUT2D eigenvalue weighted by Gasteiger charge is 2.18. The highest BCUT2D eigenvalue weighted by Crippen LogP contribution is 2.27. The number of amides is 1. The summed E-state index contributed by atoms with van der Waals surface area (Å²) in [6.07, 6.45) is 4.85. The first-order valence-corrected chi connectivity index (χ1v) is 11.7. The number of aromatic nitrogens is 1. The van der Waals surface area contributed by atoms with E-state index in [4.69, 9.17) is 8.83 Å². The molecule has 2 aromatic heterocycles. The van der Waals surface area contributed by atoms with Crippen molar-refractivity contribution in [3.05, 3.63) is 47.4 Å². The molecule has 0 aliphatic carbocycles. The van der Waals surface area contributed by atoms with Gasteiger partial charge in [0.05, 0.1) is 5.75 Å². The zero-order chi connectivity index (χ0) is 20.9. The largest absolute Gasteiger partial charge is 0.455 e. The monoisotopic (exact) mass is 427 g/mol. The van der Waals surface area contributed by atoms with Crippen LogP contribution in [-0.4, -0.2) is 41.5 Å². The quantitative estimate of drug-likeness (QED) is 0.402. The van der Waals surface area contributed by atoms with Gasteiger partial charge in [0.25, 0.3) is 11.1 Å². The fraction of sp³-hybridized carbons (Fsp3) is 0.478. The molecule has 30 heavy (non-hydrogen) atoms. The van der Waals surface area contributed by atoms with Crippen molar-refractivity contribution < 1.29 is 13.6 Å². The Morgan fingerprint density at radius 3 is 3.03 bits per heavy atom. The van der Waals surface area contributed by atoms with Crippen LogP contribution in [0.25, 0.3) is 11.1 Å². The van der Waals surface area contributed by atoms with Crippen molar-refractivity contribution in [3.8, 4) is 0 Å². The minimum atomic E-state index is -0.157. The molecule has 0 radical (unpaired) electrons. The van der Waals surface area contributed by atoms with Crippen LogP contribution in [0.1, 0.15) is 54.5 Å². The Hall–Kier alpha value is -2.25. The van der Waals surface area contributed by atoms with E-state index in [0.717, 1.165) is 35.4 Å². The lowest BCUT2D eigenvalue weighted by Crippen LogP contribution is -2.39. The van der Waals surface area contributed by atoms with Crippen molar-refractivity contribution in [2.24, 2.45) is 0 Å². The first-order chi connectivity index (χ1) is 14.6. The van der Waals surface area contributed by atoms with E-state index >= 15 is 0 Å². The number of furan rings is 1. The zero-order valence-electron chi connectivity index (χ0n) is 17.6. The molecule has 4 rings (SSSR count). The maximum atomic E-state index is 12.3. The van der Waals surface area contributed by atoms with Crippen LogP contribution >= 0.6 is 11.8 Å². The Bertz CT molecular complexity index is 997. The number of carbonyl (C=O) groups excluding carboxylic acids is 1. The molecule has 0 spiro atoms. The fourth-order valence-electron chi connectivity index (χ4n) is 3.85. The van der Waals surface area contributed by atoms with Crippen LogP contribution in [0.15, 0.2) is 44.4 Å². The van der Waals surface area contributed by atoms with Crippen molar-refractivity contribution in [1.29, 1.82) is 0 Å². The number of nitrogens with zero attached hydrogens (tertiary/aromatic N) is 2. The molecule has 0 bridgehead atoms. The van der Waals surface area contributed by atoms with E-state index in [0.29, 0.717) is 29.3 Å². The van der Waals surface area contributed by atoms with Gasteiger partial charge in [0.1, 0.15) is 11.3 Å².